The Kier molecular flexibility index (Phi) is 7.59. The van der Waals surface area contributed by atoms with Gasteiger partial charge in [0.25, 0.3) is 0 Å². The summed E-state index contributed by atoms with van der Waals surface area (Å²) in [4.78, 5) is 10.3. The van der Waals surface area contributed by atoms with E-state index in [1.54, 1.807) is 0 Å². The molecule has 3 nitrogen and oxygen atoms in total. The molecule has 0 bridgehead atoms. The Morgan fingerprint density at radius 1 is 1.42 bits per heavy atom. The van der Waals surface area contributed by atoms with E-state index in [1.165, 1.54) is 0 Å². The molecule has 0 aliphatic carbocycles. The third-order valence-electron chi connectivity index (χ3n) is 1.38. The third-order valence-corrected chi connectivity index (χ3v) is 1.38. The van der Waals surface area contributed by atoms with Gasteiger partial charge in [0.15, 0.2) is 0 Å². The summed E-state index contributed by atoms with van der Waals surface area (Å²) >= 11 is 0. The fraction of sp³-hybridized carbons (Fsp3) is 0.875. The van der Waals surface area contributed by atoms with E-state index in [0.717, 1.165) is 11.0 Å². The molecular weight excluding hydrogens is 231 g/mol. The molecule has 0 saturated carbocycles. The first kappa shape index (κ1) is 15.0. The molecule has 69 valence electrons. The van der Waals surface area contributed by atoms with Gasteiger partial charge in [-0.05, 0) is 0 Å². The number of aliphatic carboxylic acids is 1. The summed E-state index contributed by atoms with van der Waals surface area (Å²) in [5, 5.41) is 8.47. The minimum absolute atomic E-state index is 0. The Morgan fingerprint density at radius 2 is 1.83 bits per heavy atom. The summed E-state index contributed by atoms with van der Waals surface area (Å²) in [5.74, 6) is -0.446. The van der Waals surface area contributed by atoms with E-state index in [1.807, 2.05) is 6.92 Å². The zero-order valence-corrected chi connectivity index (χ0v) is 11.2. The normalized spacial score (nSPS) is 13.3. The molecule has 0 heterocycles. The van der Waals surface area contributed by atoms with Gasteiger partial charge in [0, 0.05) is 38.6 Å². The standard InChI is InChI=1S/C8H17NO2.Y/c1-7(5-8(10)11)6-9(2,3)4;/h7H,5-6H2,1-4H3;/p+1/t7-;/m1./s1. The maximum absolute atomic E-state index is 10.3. The van der Waals surface area contributed by atoms with E-state index in [-0.39, 0.29) is 45.0 Å². The first-order valence-corrected chi connectivity index (χ1v) is 3.83. The van der Waals surface area contributed by atoms with E-state index in [4.69, 9.17) is 5.11 Å². The van der Waals surface area contributed by atoms with Crippen LogP contribution in [0.2, 0.25) is 0 Å². The van der Waals surface area contributed by atoms with Crippen molar-refractivity contribution in [2.75, 3.05) is 27.7 Å². The van der Waals surface area contributed by atoms with E-state index < -0.39 is 5.97 Å². The van der Waals surface area contributed by atoms with Crippen molar-refractivity contribution in [2.45, 2.75) is 13.3 Å². The van der Waals surface area contributed by atoms with Gasteiger partial charge in [-0.2, -0.15) is 0 Å². The maximum atomic E-state index is 10.3. The van der Waals surface area contributed by atoms with Crippen LogP contribution in [-0.2, 0) is 37.5 Å². The molecule has 1 atom stereocenters. The van der Waals surface area contributed by atoms with Crippen molar-refractivity contribution >= 4 is 5.97 Å². The first-order valence-electron chi connectivity index (χ1n) is 3.83. The minimum atomic E-state index is -0.703. The average Bonchev–Trinajstić information content (AvgIpc) is 1.53. The summed E-state index contributed by atoms with van der Waals surface area (Å²) in [6.07, 6.45) is 0.273. The third kappa shape index (κ3) is 10.5. The molecule has 12 heavy (non-hydrogen) atoms. The van der Waals surface area contributed by atoms with Gasteiger partial charge in [-0.25, -0.2) is 0 Å². The van der Waals surface area contributed by atoms with Crippen LogP contribution in [0.4, 0.5) is 0 Å². The fourth-order valence-electron chi connectivity index (χ4n) is 1.30. The van der Waals surface area contributed by atoms with Crippen molar-refractivity contribution in [3.05, 3.63) is 0 Å². The van der Waals surface area contributed by atoms with Crippen LogP contribution in [0, 0.1) is 5.92 Å². The maximum Gasteiger partial charge on any atom is 0.303 e. The molecule has 4 heteroatoms. The fourth-order valence-corrected chi connectivity index (χ4v) is 1.30. The zero-order chi connectivity index (χ0) is 9.07. The molecule has 1 radical (unpaired) electrons. The molecule has 0 aromatic carbocycles. The second-order valence-electron chi connectivity index (χ2n) is 4.18. The van der Waals surface area contributed by atoms with Gasteiger partial charge in [-0.15, -0.1) is 0 Å². The number of carboxylic acids is 1. The van der Waals surface area contributed by atoms with Crippen molar-refractivity contribution in [1.82, 2.24) is 0 Å². The molecule has 0 aromatic rings. The topological polar surface area (TPSA) is 37.3 Å². The summed E-state index contributed by atoms with van der Waals surface area (Å²) < 4.78 is 0.828. The van der Waals surface area contributed by atoms with Gasteiger partial charge in [0.05, 0.1) is 34.1 Å². The Bertz CT molecular complexity index is 142. The van der Waals surface area contributed by atoms with Gasteiger partial charge in [-0.3, -0.25) is 4.79 Å². The summed E-state index contributed by atoms with van der Waals surface area (Å²) in [6, 6.07) is 0. The Labute approximate surface area is 99.6 Å². The average molecular weight is 249 g/mol. The number of quaternary nitrogens is 1. The Hall–Kier alpha value is 0.534. The van der Waals surface area contributed by atoms with Crippen molar-refractivity contribution in [2.24, 2.45) is 5.92 Å². The van der Waals surface area contributed by atoms with Crippen LogP contribution in [0.25, 0.3) is 0 Å². The number of hydrogen-bond donors (Lipinski definition) is 1. The quantitative estimate of drug-likeness (QED) is 0.748. The van der Waals surface area contributed by atoms with Gasteiger partial charge in [0.1, 0.15) is 0 Å². The molecule has 0 unspecified atom stereocenters. The van der Waals surface area contributed by atoms with Crippen molar-refractivity contribution in [3.8, 4) is 0 Å². The van der Waals surface area contributed by atoms with Gasteiger partial charge in [0.2, 0.25) is 0 Å². The zero-order valence-electron chi connectivity index (χ0n) is 8.37. The second kappa shape index (κ2) is 6.06. The minimum Gasteiger partial charge on any atom is -0.481 e. The predicted octanol–water partition coefficient (Wildman–Crippen LogP) is 0.801. The monoisotopic (exact) mass is 249 g/mol. The van der Waals surface area contributed by atoms with Crippen LogP contribution in [-0.4, -0.2) is 43.2 Å². The summed E-state index contributed by atoms with van der Waals surface area (Å²) in [7, 11) is 6.20. The molecular formula is C8H18NO2Y+. The Morgan fingerprint density at radius 3 is 2.08 bits per heavy atom. The summed E-state index contributed by atoms with van der Waals surface area (Å²) in [6.45, 7) is 2.88. The van der Waals surface area contributed by atoms with Crippen LogP contribution < -0.4 is 0 Å². The van der Waals surface area contributed by atoms with Crippen LogP contribution in [0.3, 0.4) is 0 Å². The molecule has 0 amide bonds. The van der Waals surface area contributed by atoms with Crippen LogP contribution in [0.5, 0.6) is 0 Å². The van der Waals surface area contributed by atoms with Crippen molar-refractivity contribution < 1.29 is 47.1 Å². The van der Waals surface area contributed by atoms with Gasteiger partial charge in [-0.1, -0.05) is 6.92 Å². The number of carbonyl (C=O) groups is 1. The molecule has 0 saturated heterocycles. The Balaban J connectivity index is 0. The van der Waals surface area contributed by atoms with E-state index in [0.29, 0.717) is 0 Å². The molecule has 0 aliphatic heterocycles. The van der Waals surface area contributed by atoms with Crippen molar-refractivity contribution in [3.63, 3.8) is 0 Å². The molecule has 0 spiro atoms. The molecule has 0 rings (SSSR count). The molecule has 0 fully saturated rings. The number of carboxylic acid groups (broad SMARTS) is 1. The smallest absolute Gasteiger partial charge is 0.303 e. The van der Waals surface area contributed by atoms with Crippen LogP contribution >= 0.6 is 0 Å². The summed E-state index contributed by atoms with van der Waals surface area (Å²) in [5.41, 5.74) is 0. The number of hydrogen-bond acceptors (Lipinski definition) is 1. The molecule has 1 N–H and O–H groups in total. The van der Waals surface area contributed by atoms with E-state index in [2.05, 4.69) is 21.1 Å². The largest absolute Gasteiger partial charge is 0.481 e. The van der Waals surface area contributed by atoms with Gasteiger partial charge >= 0.3 is 5.97 Å². The predicted molar refractivity (Wildman–Crippen MR) is 44.3 cm³/mol. The second-order valence-corrected chi connectivity index (χ2v) is 4.18. The molecule has 0 aliphatic rings. The molecule has 0 aromatic heterocycles. The SMILES string of the molecule is C[C@H](CC(=O)O)C[N+](C)(C)C.[Y]. The number of nitrogens with zero attached hydrogens (tertiary/aromatic N) is 1. The van der Waals surface area contributed by atoms with Gasteiger partial charge < -0.3 is 9.59 Å². The van der Waals surface area contributed by atoms with Crippen molar-refractivity contribution in [1.29, 1.82) is 0 Å². The first-order chi connectivity index (χ1) is 4.81. The van der Waals surface area contributed by atoms with E-state index in [9.17, 15) is 4.79 Å². The van der Waals surface area contributed by atoms with E-state index >= 15 is 0 Å². The van der Waals surface area contributed by atoms with Crippen LogP contribution in [0.1, 0.15) is 13.3 Å². The van der Waals surface area contributed by atoms with Crippen LogP contribution in [0.15, 0.2) is 0 Å². The number of rotatable bonds is 4.